The normalized spacial score (nSPS) is 17.5. The van der Waals surface area contributed by atoms with Gasteiger partial charge in [-0.3, -0.25) is 14.5 Å². The van der Waals surface area contributed by atoms with E-state index in [2.05, 4.69) is 10.6 Å². The fourth-order valence-electron chi connectivity index (χ4n) is 2.77. The van der Waals surface area contributed by atoms with Crippen LogP contribution in [0.5, 0.6) is 0 Å². The van der Waals surface area contributed by atoms with Gasteiger partial charge in [-0.2, -0.15) is 0 Å². The SMILES string of the molecule is CC(=O)Nc1ccc(CNC(=O)CN(C)CC2CCCCO2)cc1. The molecule has 0 aromatic heterocycles. The maximum atomic E-state index is 12.0. The van der Waals surface area contributed by atoms with Crippen molar-refractivity contribution in [3.8, 4) is 0 Å². The number of benzene rings is 1. The molecule has 6 heteroatoms. The molecule has 0 saturated carbocycles. The van der Waals surface area contributed by atoms with Crippen LogP contribution in [0.1, 0.15) is 31.7 Å². The fraction of sp³-hybridized carbons (Fsp3) is 0.556. The zero-order chi connectivity index (χ0) is 17.4. The van der Waals surface area contributed by atoms with E-state index in [9.17, 15) is 9.59 Å². The highest BCUT2D eigenvalue weighted by Gasteiger charge is 2.17. The first-order valence-electron chi connectivity index (χ1n) is 8.46. The molecule has 0 bridgehead atoms. The summed E-state index contributed by atoms with van der Waals surface area (Å²) in [5.74, 6) is -0.0970. The van der Waals surface area contributed by atoms with E-state index in [4.69, 9.17) is 4.74 Å². The molecular formula is C18H27N3O3. The number of carbonyl (C=O) groups excluding carboxylic acids is 2. The molecule has 2 rings (SSSR count). The number of nitrogens with zero attached hydrogens (tertiary/aromatic N) is 1. The summed E-state index contributed by atoms with van der Waals surface area (Å²) in [6.45, 7) is 3.94. The van der Waals surface area contributed by atoms with Gasteiger partial charge in [0.25, 0.3) is 0 Å². The Bertz CT molecular complexity index is 539. The van der Waals surface area contributed by atoms with Gasteiger partial charge in [0.15, 0.2) is 0 Å². The van der Waals surface area contributed by atoms with Crippen molar-refractivity contribution in [3.05, 3.63) is 29.8 Å². The molecule has 1 aromatic rings. The quantitative estimate of drug-likeness (QED) is 0.798. The second-order valence-electron chi connectivity index (χ2n) is 6.34. The monoisotopic (exact) mass is 333 g/mol. The number of hydrogen-bond acceptors (Lipinski definition) is 4. The molecule has 0 radical (unpaired) electrons. The third kappa shape index (κ3) is 6.68. The predicted molar refractivity (Wildman–Crippen MR) is 93.7 cm³/mol. The van der Waals surface area contributed by atoms with E-state index >= 15 is 0 Å². The lowest BCUT2D eigenvalue weighted by atomic mass is 10.1. The number of likely N-dealkylation sites (N-methyl/N-ethyl adjacent to an activating group) is 1. The number of nitrogens with one attached hydrogen (secondary N) is 2. The topological polar surface area (TPSA) is 70.7 Å². The van der Waals surface area contributed by atoms with E-state index in [-0.39, 0.29) is 17.9 Å². The van der Waals surface area contributed by atoms with E-state index in [1.807, 2.05) is 36.2 Å². The van der Waals surface area contributed by atoms with Crippen LogP contribution in [0.4, 0.5) is 5.69 Å². The Hall–Kier alpha value is -1.92. The summed E-state index contributed by atoms with van der Waals surface area (Å²) in [4.78, 5) is 25.0. The van der Waals surface area contributed by atoms with E-state index in [1.54, 1.807) is 0 Å². The minimum Gasteiger partial charge on any atom is -0.377 e. The van der Waals surface area contributed by atoms with Crippen LogP contribution in [0.3, 0.4) is 0 Å². The molecule has 1 aliphatic heterocycles. The standard InChI is InChI=1S/C18H27N3O3/c1-14(22)20-16-8-6-15(7-9-16)11-19-18(23)13-21(2)12-17-5-3-4-10-24-17/h6-9,17H,3-5,10-13H2,1-2H3,(H,19,23)(H,20,22). The van der Waals surface area contributed by atoms with Gasteiger partial charge in [-0.05, 0) is 44.0 Å². The van der Waals surface area contributed by atoms with Crippen molar-refractivity contribution < 1.29 is 14.3 Å². The molecule has 0 aliphatic carbocycles. The molecular weight excluding hydrogens is 306 g/mol. The van der Waals surface area contributed by atoms with Gasteiger partial charge in [-0.25, -0.2) is 0 Å². The summed E-state index contributed by atoms with van der Waals surface area (Å²) in [7, 11) is 1.94. The van der Waals surface area contributed by atoms with Gasteiger partial charge in [-0.1, -0.05) is 12.1 Å². The van der Waals surface area contributed by atoms with Crippen LogP contribution in [0.25, 0.3) is 0 Å². The molecule has 2 N–H and O–H groups in total. The summed E-state index contributed by atoms with van der Waals surface area (Å²) in [6, 6.07) is 7.45. The van der Waals surface area contributed by atoms with E-state index in [0.717, 1.165) is 37.2 Å². The minimum atomic E-state index is -0.0963. The predicted octanol–water partition coefficient (Wildman–Crippen LogP) is 1.76. The lowest BCUT2D eigenvalue weighted by Crippen LogP contribution is -2.39. The molecule has 0 spiro atoms. The molecule has 1 fully saturated rings. The Balaban J connectivity index is 1.69. The third-order valence-corrected chi connectivity index (χ3v) is 3.97. The van der Waals surface area contributed by atoms with Crippen LogP contribution < -0.4 is 10.6 Å². The molecule has 2 amide bonds. The highest BCUT2D eigenvalue weighted by molar-refractivity contribution is 5.88. The van der Waals surface area contributed by atoms with Crippen LogP contribution in [0.15, 0.2) is 24.3 Å². The first-order chi connectivity index (χ1) is 11.5. The fourth-order valence-corrected chi connectivity index (χ4v) is 2.77. The zero-order valence-electron chi connectivity index (χ0n) is 14.5. The van der Waals surface area contributed by atoms with E-state index in [1.165, 1.54) is 13.3 Å². The minimum absolute atomic E-state index is 0.000697. The molecule has 6 nitrogen and oxygen atoms in total. The van der Waals surface area contributed by atoms with E-state index in [0.29, 0.717) is 13.1 Å². The van der Waals surface area contributed by atoms with Gasteiger partial charge in [0.2, 0.25) is 11.8 Å². The summed E-state index contributed by atoms with van der Waals surface area (Å²) < 4.78 is 5.69. The van der Waals surface area contributed by atoms with Gasteiger partial charge in [-0.15, -0.1) is 0 Å². The maximum Gasteiger partial charge on any atom is 0.234 e. The Morgan fingerprint density at radius 2 is 2.00 bits per heavy atom. The first-order valence-corrected chi connectivity index (χ1v) is 8.46. The van der Waals surface area contributed by atoms with Gasteiger partial charge in [0, 0.05) is 32.3 Å². The Labute approximate surface area is 143 Å². The molecule has 24 heavy (non-hydrogen) atoms. The Morgan fingerprint density at radius 3 is 2.62 bits per heavy atom. The van der Waals surface area contributed by atoms with Gasteiger partial charge in [0.05, 0.1) is 12.6 Å². The summed E-state index contributed by atoms with van der Waals surface area (Å²) in [5, 5.41) is 5.64. The molecule has 1 saturated heterocycles. The summed E-state index contributed by atoms with van der Waals surface area (Å²) in [6.07, 6.45) is 3.67. The average Bonchev–Trinajstić information content (AvgIpc) is 2.54. The van der Waals surface area contributed by atoms with Crippen LogP contribution in [-0.2, 0) is 20.9 Å². The smallest absolute Gasteiger partial charge is 0.234 e. The lowest BCUT2D eigenvalue weighted by Gasteiger charge is -2.27. The van der Waals surface area contributed by atoms with Crippen LogP contribution in [0.2, 0.25) is 0 Å². The first kappa shape index (κ1) is 18.4. The Morgan fingerprint density at radius 1 is 1.25 bits per heavy atom. The lowest BCUT2D eigenvalue weighted by molar-refractivity contribution is -0.122. The maximum absolute atomic E-state index is 12.0. The second-order valence-corrected chi connectivity index (χ2v) is 6.34. The molecule has 1 aliphatic rings. The largest absolute Gasteiger partial charge is 0.377 e. The summed E-state index contributed by atoms with van der Waals surface area (Å²) >= 11 is 0. The number of anilines is 1. The van der Waals surface area contributed by atoms with Crippen molar-refractivity contribution in [2.45, 2.75) is 38.8 Å². The number of ether oxygens (including phenoxy) is 1. The van der Waals surface area contributed by atoms with Crippen LogP contribution in [0, 0.1) is 0 Å². The highest BCUT2D eigenvalue weighted by atomic mass is 16.5. The van der Waals surface area contributed by atoms with Gasteiger partial charge >= 0.3 is 0 Å². The number of carbonyl (C=O) groups is 2. The number of hydrogen-bond donors (Lipinski definition) is 2. The van der Waals surface area contributed by atoms with Crippen molar-refractivity contribution in [2.75, 3.05) is 32.1 Å². The highest BCUT2D eigenvalue weighted by Crippen LogP contribution is 2.13. The van der Waals surface area contributed by atoms with E-state index < -0.39 is 0 Å². The van der Waals surface area contributed by atoms with Crippen molar-refractivity contribution in [1.29, 1.82) is 0 Å². The van der Waals surface area contributed by atoms with Crippen molar-refractivity contribution in [1.82, 2.24) is 10.2 Å². The Kier molecular flexibility index (Phi) is 7.21. The average molecular weight is 333 g/mol. The molecule has 1 atom stereocenters. The van der Waals surface area contributed by atoms with Crippen molar-refractivity contribution in [3.63, 3.8) is 0 Å². The van der Waals surface area contributed by atoms with Gasteiger partial charge in [0.1, 0.15) is 0 Å². The van der Waals surface area contributed by atoms with Gasteiger partial charge < -0.3 is 15.4 Å². The zero-order valence-corrected chi connectivity index (χ0v) is 14.5. The molecule has 1 unspecified atom stereocenters. The van der Waals surface area contributed by atoms with Crippen LogP contribution in [-0.4, -0.2) is 49.6 Å². The number of rotatable bonds is 7. The van der Waals surface area contributed by atoms with Crippen molar-refractivity contribution in [2.24, 2.45) is 0 Å². The van der Waals surface area contributed by atoms with Crippen LogP contribution >= 0.6 is 0 Å². The molecule has 132 valence electrons. The third-order valence-electron chi connectivity index (χ3n) is 3.97. The second kappa shape index (κ2) is 9.39. The molecule has 1 aromatic carbocycles. The van der Waals surface area contributed by atoms with Crippen molar-refractivity contribution >= 4 is 17.5 Å². The number of amides is 2. The summed E-state index contributed by atoms with van der Waals surface area (Å²) in [5.41, 5.74) is 1.75. The molecule has 1 heterocycles.